The molecule has 0 atom stereocenters. The molecule has 2 amide bonds. The van der Waals surface area contributed by atoms with Crippen molar-refractivity contribution in [1.29, 1.82) is 0 Å². The van der Waals surface area contributed by atoms with Gasteiger partial charge in [-0.1, -0.05) is 53.0 Å². The van der Waals surface area contributed by atoms with E-state index < -0.39 is 11.0 Å². The number of benzene rings is 1. The molecule has 0 aliphatic rings. The van der Waals surface area contributed by atoms with Crippen LogP contribution in [0.15, 0.2) is 18.2 Å². The fourth-order valence-electron chi connectivity index (χ4n) is 5.03. The lowest BCUT2D eigenvalue weighted by Crippen LogP contribution is -2.54. The number of nitrogens with one attached hydrogen (secondary N) is 2. The maximum Gasteiger partial charge on any atom is 0.226 e. The Morgan fingerprint density at radius 2 is 1.62 bits per heavy atom. The number of unbranched alkanes of at least 4 members (excludes halogenated alkanes) is 3. The van der Waals surface area contributed by atoms with Crippen LogP contribution in [0.3, 0.4) is 0 Å². The Bertz CT molecular complexity index is 799. The summed E-state index contributed by atoms with van der Waals surface area (Å²) in [5, 5.41) is 5.91. The minimum absolute atomic E-state index is 0.0922. The lowest BCUT2D eigenvalue weighted by molar-refractivity contribution is -0.138. The van der Waals surface area contributed by atoms with Crippen LogP contribution in [0.1, 0.15) is 85.6 Å². The van der Waals surface area contributed by atoms with Gasteiger partial charge in [-0.3, -0.25) is 9.59 Å². The van der Waals surface area contributed by atoms with Gasteiger partial charge in [0.05, 0.1) is 24.7 Å². The zero-order valence-electron chi connectivity index (χ0n) is 24.6. The molecule has 0 aliphatic heterocycles. The Labute approximate surface area is 225 Å². The van der Waals surface area contributed by atoms with Gasteiger partial charge in [-0.15, -0.1) is 0 Å². The summed E-state index contributed by atoms with van der Waals surface area (Å²) in [7, 11) is 3.35. The molecule has 212 valence electrons. The van der Waals surface area contributed by atoms with Crippen molar-refractivity contribution in [3.05, 3.63) is 23.8 Å². The Kier molecular flexibility index (Phi) is 14.6. The van der Waals surface area contributed by atoms with E-state index in [1.54, 1.807) is 14.2 Å². The number of hydrogen-bond acceptors (Lipinski definition) is 5. The first-order valence-electron chi connectivity index (χ1n) is 13.8. The molecule has 0 aliphatic carbocycles. The van der Waals surface area contributed by atoms with Gasteiger partial charge in [-0.05, 0) is 62.6 Å². The Hall–Kier alpha value is -2.28. The van der Waals surface area contributed by atoms with Crippen LogP contribution in [-0.4, -0.2) is 51.8 Å². The van der Waals surface area contributed by atoms with E-state index in [0.29, 0.717) is 26.2 Å². The van der Waals surface area contributed by atoms with Crippen molar-refractivity contribution in [2.24, 2.45) is 17.3 Å². The van der Waals surface area contributed by atoms with Gasteiger partial charge in [0, 0.05) is 26.7 Å². The number of ether oxygens (including phenoxy) is 3. The van der Waals surface area contributed by atoms with E-state index in [9.17, 15) is 9.59 Å². The molecular weight excluding hydrogens is 468 g/mol. The lowest BCUT2D eigenvalue weighted by atomic mass is 9.65. The van der Waals surface area contributed by atoms with E-state index in [-0.39, 0.29) is 17.7 Å². The third kappa shape index (κ3) is 10.5. The summed E-state index contributed by atoms with van der Waals surface area (Å²) in [5.41, 5.74) is 0.336. The number of amides is 2. The zero-order valence-corrected chi connectivity index (χ0v) is 24.6. The largest absolute Gasteiger partial charge is 0.493 e. The Balaban J connectivity index is 2.63. The predicted molar refractivity (Wildman–Crippen MR) is 150 cm³/mol. The van der Waals surface area contributed by atoms with E-state index in [2.05, 4.69) is 50.5 Å². The van der Waals surface area contributed by atoms with Gasteiger partial charge in [0.15, 0.2) is 11.5 Å². The van der Waals surface area contributed by atoms with Gasteiger partial charge in [-0.25, -0.2) is 0 Å². The number of carbonyl (C=O) groups is 2. The van der Waals surface area contributed by atoms with Crippen LogP contribution in [0.25, 0.3) is 0 Å². The fraction of sp³-hybridized carbons (Fsp3) is 0.733. The smallest absolute Gasteiger partial charge is 0.226 e. The van der Waals surface area contributed by atoms with Crippen LogP contribution in [0.4, 0.5) is 0 Å². The van der Waals surface area contributed by atoms with Crippen molar-refractivity contribution in [3.63, 3.8) is 0 Å². The quantitative estimate of drug-likeness (QED) is 0.174. The zero-order chi connectivity index (χ0) is 27.9. The third-order valence-corrected chi connectivity index (χ3v) is 7.41. The van der Waals surface area contributed by atoms with Crippen LogP contribution < -0.4 is 20.1 Å². The molecule has 0 spiro atoms. The Morgan fingerprint density at radius 1 is 0.946 bits per heavy atom. The molecule has 7 heteroatoms. The molecule has 37 heavy (non-hydrogen) atoms. The number of hydrogen-bond donors (Lipinski definition) is 2. The highest BCUT2D eigenvalue weighted by Gasteiger charge is 2.43. The number of methoxy groups -OCH3 is 2. The average Bonchev–Trinajstić information content (AvgIpc) is 2.84. The molecule has 0 unspecified atom stereocenters. The molecule has 2 N–H and O–H groups in total. The van der Waals surface area contributed by atoms with Gasteiger partial charge in [0.2, 0.25) is 12.3 Å². The summed E-state index contributed by atoms with van der Waals surface area (Å²) in [6.45, 7) is 14.1. The van der Waals surface area contributed by atoms with Crippen molar-refractivity contribution in [2.75, 3.05) is 34.0 Å². The molecule has 0 saturated carbocycles. The lowest BCUT2D eigenvalue weighted by Gasteiger charge is -2.41. The van der Waals surface area contributed by atoms with Gasteiger partial charge >= 0.3 is 0 Å². The van der Waals surface area contributed by atoms with Crippen LogP contribution in [0.5, 0.6) is 11.5 Å². The predicted octanol–water partition coefficient (Wildman–Crippen LogP) is 5.54. The Morgan fingerprint density at radius 3 is 2.22 bits per heavy atom. The second-order valence-corrected chi connectivity index (χ2v) is 11.3. The van der Waals surface area contributed by atoms with Crippen LogP contribution in [0, 0.1) is 17.3 Å². The van der Waals surface area contributed by atoms with Crippen molar-refractivity contribution >= 4 is 12.3 Å². The maximum absolute atomic E-state index is 13.4. The summed E-state index contributed by atoms with van der Waals surface area (Å²) in [6.07, 6.45) is 7.66. The molecule has 0 radical (unpaired) electrons. The maximum atomic E-state index is 13.4. The van der Waals surface area contributed by atoms with Gasteiger partial charge in [0.1, 0.15) is 0 Å². The molecule has 0 fully saturated rings. The van der Waals surface area contributed by atoms with Gasteiger partial charge in [0.25, 0.3) is 0 Å². The molecule has 0 heterocycles. The highest BCUT2D eigenvalue weighted by atomic mass is 16.5. The van der Waals surface area contributed by atoms with Crippen molar-refractivity contribution in [3.8, 4) is 11.5 Å². The number of carbonyl (C=O) groups excluding carboxylic acids is 2. The second kappa shape index (κ2) is 16.5. The minimum Gasteiger partial charge on any atom is -0.493 e. The first-order chi connectivity index (χ1) is 17.5. The molecular formula is C30H52N2O5. The molecule has 1 aromatic carbocycles. The fourth-order valence-corrected chi connectivity index (χ4v) is 5.03. The summed E-state index contributed by atoms with van der Waals surface area (Å²) < 4.78 is 16.4. The number of aryl methyl sites for hydroxylation is 1. The molecule has 1 aromatic rings. The summed E-state index contributed by atoms with van der Waals surface area (Å²) in [6, 6.07) is 6.17. The summed E-state index contributed by atoms with van der Waals surface area (Å²) in [4.78, 5) is 24.3. The van der Waals surface area contributed by atoms with E-state index in [1.807, 2.05) is 19.9 Å². The van der Waals surface area contributed by atoms with Crippen molar-refractivity contribution in [1.82, 2.24) is 10.6 Å². The molecule has 1 rings (SSSR count). The number of rotatable bonds is 20. The normalized spacial score (nSPS) is 12.1. The minimum atomic E-state index is -0.479. The SMILES string of the molecule is COCCCOc1cc(CCCCCCC(C(=O)NCC(C)(C)NC=O)(C(C)C)C(C)C)ccc1OC. The third-order valence-electron chi connectivity index (χ3n) is 7.41. The monoisotopic (exact) mass is 520 g/mol. The van der Waals surface area contributed by atoms with Crippen LogP contribution >= 0.6 is 0 Å². The topological polar surface area (TPSA) is 85.9 Å². The summed E-state index contributed by atoms with van der Waals surface area (Å²) >= 11 is 0. The van der Waals surface area contributed by atoms with E-state index in [1.165, 1.54) is 5.56 Å². The highest BCUT2D eigenvalue weighted by molar-refractivity contribution is 5.83. The van der Waals surface area contributed by atoms with E-state index >= 15 is 0 Å². The molecule has 0 bridgehead atoms. The van der Waals surface area contributed by atoms with Gasteiger partial charge < -0.3 is 24.8 Å². The van der Waals surface area contributed by atoms with Crippen LogP contribution in [-0.2, 0) is 20.7 Å². The van der Waals surface area contributed by atoms with Gasteiger partial charge in [-0.2, -0.15) is 0 Å². The van der Waals surface area contributed by atoms with Crippen LogP contribution in [0.2, 0.25) is 0 Å². The van der Waals surface area contributed by atoms with Crippen molar-refractivity contribution < 1.29 is 23.8 Å². The van der Waals surface area contributed by atoms with E-state index in [0.717, 1.165) is 56.4 Å². The molecule has 0 aromatic heterocycles. The van der Waals surface area contributed by atoms with E-state index in [4.69, 9.17) is 14.2 Å². The summed E-state index contributed by atoms with van der Waals surface area (Å²) in [5.74, 6) is 2.07. The first kappa shape index (κ1) is 32.7. The molecule has 7 nitrogen and oxygen atoms in total. The molecule has 0 saturated heterocycles. The first-order valence-corrected chi connectivity index (χ1v) is 13.8. The second-order valence-electron chi connectivity index (χ2n) is 11.3. The highest BCUT2D eigenvalue weighted by Crippen LogP contribution is 2.41. The standard InChI is InChI=1S/C30H52N2O5/c1-23(2)30(24(3)4,28(34)31-21-29(5,6)32-22-33)17-12-10-9-11-14-25-15-16-26(36-8)27(20-25)37-19-13-18-35-7/h15-16,20,22-24H,9-14,17-19,21H2,1-8H3,(H,31,34)(H,32,33). The average molecular weight is 521 g/mol. The van der Waals surface area contributed by atoms with Crippen molar-refractivity contribution in [2.45, 2.75) is 92.0 Å².